The van der Waals surface area contributed by atoms with Crippen molar-refractivity contribution in [2.45, 2.75) is 59.4 Å². The van der Waals surface area contributed by atoms with Crippen LogP contribution >= 0.6 is 0 Å². The third kappa shape index (κ3) is 10.6. The van der Waals surface area contributed by atoms with Gasteiger partial charge in [-0.25, -0.2) is 0 Å². The first-order valence-electron chi connectivity index (χ1n) is 6.64. The lowest BCUT2D eigenvalue weighted by Gasteiger charge is -2.11. The summed E-state index contributed by atoms with van der Waals surface area (Å²) in [5, 5.41) is 3.40. The first-order valence-corrected chi connectivity index (χ1v) is 8.13. The SMILES string of the molecule is CCNC(C)CCCCS(=O)CCC(C)C. The third-order valence-electron chi connectivity index (χ3n) is 2.73. The molecule has 0 fully saturated rings. The molecule has 16 heavy (non-hydrogen) atoms. The van der Waals surface area contributed by atoms with Crippen LogP contribution in [0.25, 0.3) is 0 Å². The van der Waals surface area contributed by atoms with Crippen LogP contribution in [0.1, 0.15) is 53.4 Å². The van der Waals surface area contributed by atoms with Gasteiger partial charge in [0.05, 0.1) is 0 Å². The van der Waals surface area contributed by atoms with Gasteiger partial charge in [-0.1, -0.05) is 27.2 Å². The molecule has 0 aromatic carbocycles. The van der Waals surface area contributed by atoms with E-state index in [2.05, 4.69) is 33.0 Å². The average molecular weight is 247 g/mol. The van der Waals surface area contributed by atoms with E-state index < -0.39 is 10.8 Å². The first-order chi connectivity index (χ1) is 7.56. The summed E-state index contributed by atoms with van der Waals surface area (Å²) in [6.45, 7) is 9.78. The van der Waals surface area contributed by atoms with Crippen LogP contribution in [0, 0.1) is 5.92 Å². The van der Waals surface area contributed by atoms with Crippen molar-refractivity contribution in [1.29, 1.82) is 0 Å². The van der Waals surface area contributed by atoms with Gasteiger partial charge in [-0.15, -0.1) is 0 Å². The summed E-state index contributed by atoms with van der Waals surface area (Å²) in [6.07, 6.45) is 4.61. The van der Waals surface area contributed by atoms with Crippen LogP contribution in [0.5, 0.6) is 0 Å². The normalized spacial score (nSPS) is 15.3. The summed E-state index contributed by atoms with van der Waals surface area (Å²) in [6, 6.07) is 0.606. The van der Waals surface area contributed by atoms with Crippen LogP contribution in [0.3, 0.4) is 0 Å². The topological polar surface area (TPSA) is 29.1 Å². The fourth-order valence-corrected chi connectivity index (χ4v) is 3.10. The van der Waals surface area contributed by atoms with Gasteiger partial charge in [0.1, 0.15) is 0 Å². The van der Waals surface area contributed by atoms with Crippen molar-refractivity contribution in [2.24, 2.45) is 5.92 Å². The number of hydrogen-bond acceptors (Lipinski definition) is 2. The molecule has 0 bridgehead atoms. The Kier molecular flexibility index (Phi) is 10.3. The van der Waals surface area contributed by atoms with Crippen molar-refractivity contribution in [2.75, 3.05) is 18.1 Å². The van der Waals surface area contributed by atoms with Crippen LogP contribution in [-0.4, -0.2) is 28.3 Å². The Balaban J connectivity index is 3.34. The molecule has 2 nitrogen and oxygen atoms in total. The molecule has 0 aromatic heterocycles. The molecule has 0 spiro atoms. The Morgan fingerprint density at radius 3 is 2.31 bits per heavy atom. The average Bonchev–Trinajstić information content (AvgIpc) is 2.22. The van der Waals surface area contributed by atoms with Crippen molar-refractivity contribution in [3.8, 4) is 0 Å². The summed E-state index contributed by atoms with van der Waals surface area (Å²) in [5.41, 5.74) is 0. The van der Waals surface area contributed by atoms with E-state index in [1.165, 1.54) is 12.8 Å². The number of hydrogen-bond donors (Lipinski definition) is 1. The van der Waals surface area contributed by atoms with E-state index in [1.54, 1.807) is 0 Å². The molecule has 0 saturated heterocycles. The van der Waals surface area contributed by atoms with E-state index in [-0.39, 0.29) is 0 Å². The van der Waals surface area contributed by atoms with Gasteiger partial charge in [0.2, 0.25) is 0 Å². The van der Waals surface area contributed by atoms with Gasteiger partial charge in [0.15, 0.2) is 0 Å². The third-order valence-corrected chi connectivity index (χ3v) is 4.17. The first kappa shape index (κ1) is 16.1. The van der Waals surface area contributed by atoms with Crippen LogP contribution in [0.4, 0.5) is 0 Å². The molecule has 0 amide bonds. The lowest BCUT2D eigenvalue weighted by atomic mass is 10.1. The zero-order valence-electron chi connectivity index (χ0n) is 11.4. The summed E-state index contributed by atoms with van der Waals surface area (Å²) in [5.74, 6) is 2.46. The molecule has 0 aliphatic carbocycles. The van der Waals surface area contributed by atoms with Crippen molar-refractivity contribution in [3.05, 3.63) is 0 Å². The minimum absolute atomic E-state index is 0.579. The highest BCUT2D eigenvalue weighted by Crippen LogP contribution is 2.05. The maximum Gasteiger partial charge on any atom is 0.0237 e. The number of nitrogens with one attached hydrogen (secondary N) is 1. The zero-order chi connectivity index (χ0) is 12.4. The molecule has 0 radical (unpaired) electrons. The van der Waals surface area contributed by atoms with Crippen LogP contribution in [0.2, 0.25) is 0 Å². The Bertz CT molecular complexity index is 183. The quantitative estimate of drug-likeness (QED) is 0.601. The molecule has 3 heteroatoms. The van der Waals surface area contributed by atoms with Gasteiger partial charge < -0.3 is 5.32 Å². The molecule has 1 N–H and O–H groups in total. The molecular formula is C13H29NOS. The van der Waals surface area contributed by atoms with Crippen molar-refractivity contribution < 1.29 is 4.21 Å². The summed E-state index contributed by atoms with van der Waals surface area (Å²) in [4.78, 5) is 0. The molecule has 2 unspecified atom stereocenters. The molecule has 0 aliphatic rings. The number of rotatable bonds is 10. The van der Waals surface area contributed by atoms with Gasteiger partial charge in [-0.05, 0) is 38.6 Å². The van der Waals surface area contributed by atoms with Crippen molar-refractivity contribution in [1.82, 2.24) is 5.32 Å². The second kappa shape index (κ2) is 10.3. The van der Waals surface area contributed by atoms with E-state index in [1.807, 2.05) is 0 Å². The highest BCUT2D eigenvalue weighted by molar-refractivity contribution is 7.84. The van der Waals surface area contributed by atoms with E-state index >= 15 is 0 Å². The molecular weight excluding hydrogens is 218 g/mol. The molecule has 0 aromatic rings. The minimum atomic E-state index is -0.579. The van der Waals surface area contributed by atoms with Gasteiger partial charge >= 0.3 is 0 Å². The smallest absolute Gasteiger partial charge is 0.0237 e. The number of unbranched alkanes of at least 4 members (excludes halogenated alkanes) is 1. The summed E-state index contributed by atoms with van der Waals surface area (Å²) in [7, 11) is -0.579. The van der Waals surface area contributed by atoms with Crippen molar-refractivity contribution in [3.63, 3.8) is 0 Å². The second-order valence-electron chi connectivity index (χ2n) is 4.99. The highest BCUT2D eigenvalue weighted by Gasteiger charge is 2.03. The highest BCUT2D eigenvalue weighted by atomic mass is 32.2. The van der Waals surface area contributed by atoms with Crippen molar-refractivity contribution >= 4 is 10.8 Å². The van der Waals surface area contributed by atoms with E-state index in [0.717, 1.165) is 30.9 Å². The Hall–Kier alpha value is 0.110. The van der Waals surface area contributed by atoms with Gasteiger partial charge in [-0.3, -0.25) is 4.21 Å². The van der Waals surface area contributed by atoms with E-state index in [0.29, 0.717) is 12.0 Å². The zero-order valence-corrected chi connectivity index (χ0v) is 12.2. The fourth-order valence-electron chi connectivity index (χ4n) is 1.63. The maximum absolute atomic E-state index is 11.6. The Morgan fingerprint density at radius 2 is 1.75 bits per heavy atom. The Morgan fingerprint density at radius 1 is 1.06 bits per heavy atom. The second-order valence-corrected chi connectivity index (χ2v) is 6.68. The predicted molar refractivity (Wildman–Crippen MR) is 74.3 cm³/mol. The molecule has 0 aliphatic heterocycles. The van der Waals surface area contributed by atoms with Crippen LogP contribution in [0.15, 0.2) is 0 Å². The molecule has 98 valence electrons. The molecule has 0 rings (SSSR count). The Labute approximate surface area is 104 Å². The molecule has 0 heterocycles. The lowest BCUT2D eigenvalue weighted by molar-refractivity contribution is 0.509. The monoisotopic (exact) mass is 247 g/mol. The maximum atomic E-state index is 11.6. The van der Waals surface area contributed by atoms with Crippen LogP contribution in [-0.2, 0) is 10.8 Å². The van der Waals surface area contributed by atoms with E-state index in [9.17, 15) is 4.21 Å². The molecule has 0 saturated carbocycles. The minimum Gasteiger partial charge on any atom is -0.315 e. The van der Waals surface area contributed by atoms with Gasteiger partial charge in [-0.2, -0.15) is 0 Å². The standard InChI is InChI=1S/C13H29NOS/c1-5-14-13(4)8-6-7-10-16(15)11-9-12(2)3/h12-14H,5-11H2,1-4H3. The van der Waals surface area contributed by atoms with Crippen LogP contribution < -0.4 is 5.32 Å². The predicted octanol–water partition coefficient (Wildman–Crippen LogP) is 2.95. The van der Waals surface area contributed by atoms with Gasteiger partial charge in [0.25, 0.3) is 0 Å². The summed E-state index contributed by atoms with van der Waals surface area (Å²) >= 11 is 0. The fraction of sp³-hybridized carbons (Fsp3) is 1.00. The lowest BCUT2D eigenvalue weighted by Crippen LogP contribution is -2.25. The van der Waals surface area contributed by atoms with Gasteiger partial charge in [0, 0.05) is 28.3 Å². The largest absolute Gasteiger partial charge is 0.315 e. The van der Waals surface area contributed by atoms with E-state index in [4.69, 9.17) is 0 Å². The summed E-state index contributed by atoms with van der Waals surface area (Å²) < 4.78 is 11.6. The molecule has 2 atom stereocenters.